The van der Waals surface area contributed by atoms with Gasteiger partial charge >= 0.3 is 0 Å². The number of aryl methyl sites for hydroxylation is 1. The lowest BCUT2D eigenvalue weighted by Gasteiger charge is -2.22. The van der Waals surface area contributed by atoms with Crippen LogP contribution in [0.25, 0.3) is 10.4 Å². The van der Waals surface area contributed by atoms with Gasteiger partial charge in [-0.1, -0.05) is 41.7 Å². The number of hydrogen-bond acceptors (Lipinski definition) is 6. The molecule has 1 unspecified atom stereocenters. The Morgan fingerprint density at radius 1 is 1.20 bits per heavy atom. The molecule has 0 saturated carbocycles. The Kier molecular flexibility index (Phi) is 4.72. The van der Waals surface area contributed by atoms with Crippen molar-refractivity contribution in [2.45, 2.75) is 25.7 Å². The van der Waals surface area contributed by atoms with Crippen LogP contribution >= 0.6 is 11.3 Å². The molecular weight excluding hydrogens is 330 g/mol. The molecule has 2 N–H and O–H groups in total. The van der Waals surface area contributed by atoms with Gasteiger partial charge in [-0.3, -0.25) is 0 Å². The summed E-state index contributed by atoms with van der Waals surface area (Å²) in [5.74, 6) is 2.14. The van der Waals surface area contributed by atoms with Crippen LogP contribution in [0.5, 0.6) is 0 Å². The molecule has 0 spiro atoms. The van der Waals surface area contributed by atoms with Gasteiger partial charge in [0.15, 0.2) is 5.13 Å². The number of piperidine rings is 1. The SMILES string of the molecule is Cc1cc(Nc2ncc(-c3ccccc3)s2)nc(C2CCCNC2)n1. The van der Waals surface area contributed by atoms with Crippen molar-refractivity contribution in [1.29, 1.82) is 0 Å². The number of nitrogens with zero attached hydrogens (tertiary/aromatic N) is 3. The second kappa shape index (κ2) is 7.29. The van der Waals surface area contributed by atoms with Crippen molar-refractivity contribution in [3.05, 3.63) is 54.1 Å². The van der Waals surface area contributed by atoms with Crippen LogP contribution < -0.4 is 10.6 Å². The Morgan fingerprint density at radius 3 is 2.88 bits per heavy atom. The van der Waals surface area contributed by atoms with Crippen molar-refractivity contribution in [3.63, 3.8) is 0 Å². The fraction of sp³-hybridized carbons (Fsp3) is 0.316. The zero-order valence-electron chi connectivity index (χ0n) is 14.2. The third kappa shape index (κ3) is 3.86. The largest absolute Gasteiger partial charge is 0.316 e. The summed E-state index contributed by atoms with van der Waals surface area (Å²) < 4.78 is 0. The van der Waals surface area contributed by atoms with Crippen molar-refractivity contribution >= 4 is 22.3 Å². The summed E-state index contributed by atoms with van der Waals surface area (Å²) >= 11 is 1.63. The van der Waals surface area contributed by atoms with Gasteiger partial charge in [-0.25, -0.2) is 15.0 Å². The van der Waals surface area contributed by atoms with E-state index in [2.05, 4.69) is 32.7 Å². The molecule has 0 bridgehead atoms. The molecule has 0 aliphatic carbocycles. The molecule has 1 aromatic carbocycles. The maximum atomic E-state index is 4.74. The fourth-order valence-electron chi connectivity index (χ4n) is 3.09. The molecule has 1 fully saturated rings. The first kappa shape index (κ1) is 16.2. The van der Waals surface area contributed by atoms with E-state index in [1.54, 1.807) is 11.3 Å². The van der Waals surface area contributed by atoms with E-state index in [0.717, 1.165) is 46.9 Å². The van der Waals surface area contributed by atoms with Crippen molar-refractivity contribution in [3.8, 4) is 10.4 Å². The quantitative estimate of drug-likeness (QED) is 0.740. The molecule has 5 nitrogen and oxygen atoms in total. The molecule has 6 heteroatoms. The molecule has 0 amide bonds. The Balaban J connectivity index is 1.54. The van der Waals surface area contributed by atoms with Crippen LogP contribution in [0.15, 0.2) is 42.6 Å². The number of aromatic nitrogens is 3. The molecule has 25 heavy (non-hydrogen) atoms. The summed E-state index contributed by atoms with van der Waals surface area (Å²) in [4.78, 5) is 15.0. The number of hydrogen-bond donors (Lipinski definition) is 2. The number of nitrogens with one attached hydrogen (secondary N) is 2. The minimum Gasteiger partial charge on any atom is -0.316 e. The highest BCUT2D eigenvalue weighted by Crippen LogP contribution is 2.30. The molecule has 128 valence electrons. The van der Waals surface area contributed by atoms with Gasteiger partial charge in [0.2, 0.25) is 0 Å². The summed E-state index contributed by atoms with van der Waals surface area (Å²) in [6.07, 6.45) is 4.23. The number of benzene rings is 1. The average molecular weight is 351 g/mol. The first-order valence-electron chi connectivity index (χ1n) is 8.62. The Bertz CT molecular complexity index is 840. The molecular formula is C19H21N5S. The molecule has 1 atom stereocenters. The van der Waals surface area contributed by atoms with E-state index in [-0.39, 0.29) is 0 Å². The van der Waals surface area contributed by atoms with Gasteiger partial charge in [-0.15, -0.1) is 0 Å². The van der Waals surface area contributed by atoms with E-state index in [0.29, 0.717) is 5.92 Å². The van der Waals surface area contributed by atoms with E-state index >= 15 is 0 Å². The Labute approximate surface area is 151 Å². The third-order valence-electron chi connectivity index (χ3n) is 4.33. The Morgan fingerprint density at radius 2 is 2.08 bits per heavy atom. The van der Waals surface area contributed by atoms with Gasteiger partial charge in [0.25, 0.3) is 0 Å². The molecule has 3 heterocycles. The predicted octanol–water partition coefficient (Wildman–Crippen LogP) is 4.12. The normalized spacial score (nSPS) is 17.4. The van der Waals surface area contributed by atoms with Gasteiger partial charge in [-0.05, 0) is 31.9 Å². The van der Waals surface area contributed by atoms with Gasteiger partial charge < -0.3 is 10.6 Å². The van der Waals surface area contributed by atoms with Crippen LogP contribution in [-0.4, -0.2) is 28.0 Å². The maximum absolute atomic E-state index is 4.74. The van der Waals surface area contributed by atoms with Crippen LogP contribution in [0, 0.1) is 6.92 Å². The second-order valence-corrected chi connectivity index (χ2v) is 7.35. The van der Waals surface area contributed by atoms with E-state index in [1.807, 2.05) is 37.4 Å². The molecule has 0 radical (unpaired) electrons. The van der Waals surface area contributed by atoms with Gasteiger partial charge in [0.1, 0.15) is 11.6 Å². The molecule has 2 aromatic heterocycles. The highest BCUT2D eigenvalue weighted by Gasteiger charge is 2.19. The average Bonchev–Trinajstić information content (AvgIpc) is 3.11. The summed E-state index contributed by atoms with van der Waals surface area (Å²) in [7, 11) is 0. The zero-order valence-corrected chi connectivity index (χ0v) is 15.0. The minimum absolute atomic E-state index is 0.394. The summed E-state index contributed by atoms with van der Waals surface area (Å²) in [5.41, 5.74) is 2.17. The second-order valence-electron chi connectivity index (χ2n) is 6.32. The Hall–Kier alpha value is -2.31. The van der Waals surface area contributed by atoms with E-state index < -0.39 is 0 Å². The summed E-state index contributed by atoms with van der Waals surface area (Å²) in [5, 5.41) is 7.63. The maximum Gasteiger partial charge on any atom is 0.188 e. The minimum atomic E-state index is 0.394. The lowest BCUT2D eigenvalue weighted by Crippen LogP contribution is -2.29. The van der Waals surface area contributed by atoms with Crippen molar-refractivity contribution in [2.75, 3.05) is 18.4 Å². The highest BCUT2D eigenvalue weighted by molar-refractivity contribution is 7.18. The first-order chi connectivity index (χ1) is 12.3. The van der Waals surface area contributed by atoms with Crippen molar-refractivity contribution in [2.24, 2.45) is 0 Å². The molecule has 1 aliphatic rings. The topological polar surface area (TPSA) is 62.7 Å². The van der Waals surface area contributed by atoms with E-state index in [9.17, 15) is 0 Å². The fourth-order valence-corrected chi connectivity index (χ4v) is 3.92. The van der Waals surface area contributed by atoms with E-state index in [1.165, 1.54) is 12.0 Å². The van der Waals surface area contributed by atoms with Crippen LogP contribution in [0.2, 0.25) is 0 Å². The molecule has 1 saturated heterocycles. The lowest BCUT2D eigenvalue weighted by atomic mass is 9.99. The van der Waals surface area contributed by atoms with Crippen LogP contribution in [-0.2, 0) is 0 Å². The standard InChI is InChI=1S/C19H21N5S/c1-13-10-17(23-18(22-13)15-8-5-9-20-11-15)24-19-21-12-16(25-19)14-6-3-2-4-7-14/h2-4,6-7,10,12,15,20H,5,8-9,11H2,1H3,(H,21,22,23,24). The lowest BCUT2D eigenvalue weighted by molar-refractivity contribution is 0.446. The van der Waals surface area contributed by atoms with Gasteiger partial charge in [-0.2, -0.15) is 0 Å². The molecule has 3 aromatic rings. The number of thiazole rings is 1. The molecule has 4 rings (SSSR count). The van der Waals surface area contributed by atoms with Crippen molar-refractivity contribution in [1.82, 2.24) is 20.3 Å². The highest BCUT2D eigenvalue weighted by atomic mass is 32.1. The number of rotatable bonds is 4. The van der Waals surface area contributed by atoms with Gasteiger partial charge in [0, 0.05) is 30.4 Å². The zero-order chi connectivity index (χ0) is 17.1. The molecule has 1 aliphatic heterocycles. The van der Waals surface area contributed by atoms with Crippen molar-refractivity contribution < 1.29 is 0 Å². The first-order valence-corrected chi connectivity index (χ1v) is 9.44. The summed E-state index contributed by atoms with van der Waals surface area (Å²) in [6.45, 7) is 4.07. The van der Waals surface area contributed by atoms with Crippen LogP contribution in [0.3, 0.4) is 0 Å². The van der Waals surface area contributed by atoms with Crippen LogP contribution in [0.4, 0.5) is 10.9 Å². The van der Waals surface area contributed by atoms with Crippen LogP contribution in [0.1, 0.15) is 30.3 Å². The smallest absolute Gasteiger partial charge is 0.188 e. The number of anilines is 2. The van der Waals surface area contributed by atoms with Gasteiger partial charge in [0.05, 0.1) is 4.88 Å². The predicted molar refractivity (Wildman–Crippen MR) is 102 cm³/mol. The summed E-state index contributed by atoms with van der Waals surface area (Å²) in [6, 6.07) is 12.3. The monoisotopic (exact) mass is 351 g/mol. The third-order valence-corrected chi connectivity index (χ3v) is 5.29. The van der Waals surface area contributed by atoms with E-state index in [4.69, 9.17) is 4.98 Å².